The third-order valence-corrected chi connectivity index (χ3v) is 6.19. The summed E-state index contributed by atoms with van der Waals surface area (Å²) in [7, 11) is -4.39. The molecule has 184 valence electrons. The fourth-order valence-electron chi connectivity index (χ4n) is 3.13. The Balaban J connectivity index is 1.56. The van der Waals surface area contributed by atoms with Crippen molar-refractivity contribution in [1.82, 2.24) is 5.43 Å². The number of aryl methyl sites for hydroxylation is 1. The van der Waals surface area contributed by atoms with Crippen LogP contribution in [0.5, 0.6) is 5.75 Å². The predicted molar refractivity (Wildman–Crippen MR) is 125 cm³/mol. The molecular formula is C25H23F3N2O4S. The minimum atomic E-state index is -4.58. The fraction of sp³-hybridized carbons (Fsp3) is 0.200. The van der Waals surface area contributed by atoms with E-state index >= 15 is 0 Å². The van der Waals surface area contributed by atoms with Crippen LogP contribution in [0.4, 0.5) is 13.2 Å². The topological polar surface area (TPSA) is 84.8 Å². The second-order valence-electron chi connectivity index (χ2n) is 7.58. The molecule has 1 N–H and O–H groups in total. The van der Waals surface area contributed by atoms with Crippen LogP contribution in [0.15, 0.2) is 88.9 Å². The Morgan fingerprint density at radius 3 is 2.26 bits per heavy atom. The van der Waals surface area contributed by atoms with E-state index in [1.165, 1.54) is 30.0 Å². The molecule has 0 fully saturated rings. The molecule has 3 rings (SSSR count). The monoisotopic (exact) mass is 504 g/mol. The number of carbonyl (C=O) groups is 1. The van der Waals surface area contributed by atoms with Crippen LogP contribution in [-0.2, 0) is 27.5 Å². The van der Waals surface area contributed by atoms with Crippen LogP contribution in [0.1, 0.15) is 36.0 Å². The summed E-state index contributed by atoms with van der Waals surface area (Å²) in [6, 6.07) is 19.0. The third kappa shape index (κ3) is 7.96. The van der Waals surface area contributed by atoms with Gasteiger partial charge in [0.05, 0.1) is 11.8 Å². The number of hydrazone groups is 1. The number of carbonyl (C=O) groups excluding carboxylic acids is 1. The normalized spacial score (nSPS) is 12.0. The lowest BCUT2D eigenvalue weighted by molar-refractivity contribution is -0.137. The molecule has 1 amide bonds. The van der Waals surface area contributed by atoms with E-state index in [-0.39, 0.29) is 23.6 Å². The lowest BCUT2D eigenvalue weighted by Gasteiger charge is -2.11. The average molecular weight is 505 g/mol. The Morgan fingerprint density at radius 2 is 1.57 bits per heavy atom. The molecule has 0 spiro atoms. The Bertz CT molecular complexity index is 1260. The molecule has 6 nitrogen and oxygen atoms in total. The van der Waals surface area contributed by atoms with Crippen molar-refractivity contribution in [1.29, 1.82) is 0 Å². The zero-order chi connectivity index (χ0) is 25.3. The predicted octanol–water partition coefficient (Wildman–Crippen LogP) is 5.34. The van der Waals surface area contributed by atoms with Gasteiger partial charge in [0, 0.05) is 12.0 Å². The van der Waals surface area contributed by atoms with Gasteiger partial charge in [0.2, 0.25) is 5.91 Å². The van der Waals surface area contributed by atoms with Gasteiger partial charge in [-0.3, -0.25) is 4.79 Å². The first-order valence-corrected chi connectivity index (χ1v) is 12.1. The van der Waals surface area contributed by atoms with Gasteiger partial charge in [-0.2, -0.15) is 26.7 Å². The molecule has 35 heavy (non-hydrogen) atoms. The van der Waals surface area contributed by atoms with E-state index in [2.05, 4.69) is 10.5 Å². The van der Waals surface area contributed by atoms with Gasteiger partial charge < -0.3 is 4.18 Å². The molecule has 0 aliphatic carbocycles. The van der Waals surface area contributed by atoms with Gasteiger partial charge in [-0.15, -0.1) is 0 Å². The molecular weight excluding hydrogens is 481 g/mol. The molecule has 0 heterocycles. The summed E-state index contributed by atoms with van der Waals surface area (Å²) >= 11 is 0. The van der Waals surface area contributed by atoms with E-state index in [0.29, 0.717) is 18.6 Å². The van der Waals surface area contributed by atoms with Crippen LogP contribution in [0.2, 0.25) is 0 Å². The molecule has 10 heteroatoms. The van der Waals surface area contributed by atoms with Crippen LogP contribution in [0.25, 0.3) is 0 Å². The number of hydrogen-bond acceptors (Lipinski definition) is 5. The summed E-state index contributed by atoms with van der Waals surface area (Å²) in [4.78, 5) is 11.6. The van der Waals surface area contributed by atoms with Crippen molar-refractivity contribution in [2.24, 2.45) is 5.10 Å². The summed E-state index contributed by atoms with van der Waals surface area (Å²) in [5.74, 6) is -0.377. The SMILES string of the molecule is O=C(CCCCc1ccccc1)NN=Cc1ccccc1OS(=O)(=O)c1ccc(C(F)(F)F)cc1. The number of unbranched alkanes of at least 4 members (excludes halogenated alkanes) is 1. The standard InChI is InChI=1S/C25H23F3N2O4S/c26-25(27,28)21-14-16-22(17-15-21)35(32,33)34-23-12-6-5-11-20(23)18-29-30-24(31)13-7-4-10-19-8-2-1-3-9-19/h1-3,5-6,8-9,11-12,14-18H,4,7,10,13H2,(H,30,31). The van der Waals surface area contributed by atoms with Crippen LogP contribution >= 0.6 is 0 Å². The molecule has 0 aromatic heterocycles. The quantitative estimate of drug-likeness (QED) is 0.175. The Kier molecular flexibility index (Phi) is 8.64. The van der Waals surface area contributed by atoms with E-state index in [4.69, 9.17) is 4.18 Å². The summed E-state index contributed by atoms with van der Waals surface area (Å²) in [5.41, 5.74) is 2.88. The van der Waals surface area contributed by atoms with Gasteiger partial charge in [0.1, 0.15) is 4.90 Å². The van der Waals surface area contributed by atoms with Gasteiger partial charge in [0.25, 0.3) is 0 Å². The van der Waals surface area contributed by atoms with E-state index in [9.17, 15) is 26.4 Å². The zero-order valence-corrected chi connectivity index (χ0v) is 19.4. The first kappa shape index (κ1) is 26.0. The van der Waals surface area contributed by atoms with Crippen molar-refractivity contribution in [2.75, 3.05) is 0 Å². The number of hydrogen-bond donors (Lipinski definition) is 1. The van der Waals surface area contributed by atoms with Crippen molar-refractivity contribution >= 4 is 22.2 Å². The van der Waals surface area contributed by atoms with Crippen molar-refractivity contribution in [3.63, 3.8) is 0 Å². The van der Waals surface area contributed by atoms with Crippen molar-refractivity contribution in [3.8, 4) is 5.75 Å². The minimum absolute atomic E-state index is 0.0896. The van der Waals surface area contributed by atoms with Crippen molar-refractivity contribution in [2.45, 2.75) is 36.8 Å². The second-order valence-corrected chi connectivity index (χ2v) is 9.13. The lowest BCUT2D eigenvalue weighted by Crippen LogP contribution is -2.17. The maximum atomic E-state index is 12.7. The number of rotatable bonds is 10. The maximum absolute atomic E-state index is 12.7. The first-order chi connectivity index (χ1) is 16.6. The molecule has 3 aromatic rings. The number of alkyl halides is 3. The second kappa shape index (κ2) is 11.7. The third-order valence-electron chi connectivity index (χ3n) is 4.94. The summed E-state index contributed by atoms with van der Waals surface area (Å²) in [6.07, 6.45) is -0.668. The van der Waals surface area contributed by atoms with Gasteiger partial charge >= 0.3 is 16.3 Å². The molecule has 0 atom stereocenters. The number of nitrogens with one attached hydrogen (secondary N) is 1. The molecule has 0 unspecified atom stereocenters. The summed E-state index contributed by atoms with van der Waals surface area (Å²) < 4.78 is 68.3. The van der Waals surface area contributed by atoms with Gasteiger partial charge in [-0.25, -0.2) is 5.43 Å². The fourth-order valence-corrected chi connectivity index (χ4v) is 4.08. The van der Waals surface area contributed by atoms with E-state index in [0.717, 1.165) is 25.0 Å². The number of halogens is 3. The van der Waals surface area contributed by atoms with Crippen LogP contribution in [-0.4, -0.2) is 20.5 Å². The summed E-state index contributed by atoms with van der Waals surface area (Å²) in [5, 5.41) is 3.86. The van der Waals surface area contributed by atoms with Crippen LogP contribution in [0.3, 0.4) is 0 Å². The molecule has 0 aliphatic heterocycles. The van der Waals surface area contributed by atoms with Gasteiger partial charge in [-0.1, -0.05) is 42.5 Å². The molecule has 0 saturated heterocycles. The molecule has 0 saturated carbocycles. The van der Waals surface area contributed by atoms with Crippen molar-refractivity contribution < 1.29 is 30.6 Å². The van der Waals surface area contributed by atoms with E-state index < -0.39 is 26.8 Å². The Labute approximate surface area is 201 Å². The highest BCUT2D eigenvalue weighted by molar-refractivity contribution is 7.87. The first-order valence-electron chi connectivity index (χ1n) is 10.7. The number of amides is 1. The molecule has 3 aromatic carbocycles. The summed E-state index contributed by atoms with van der Waals surface area (Å²) in [6.45, 7) is 0. The Hall–Kier alpha value is -3.66. The maximum Gasteiger partial charge on any atom is 0.416 e. The molecule has 0 bridgehead atoms. The van der Waals surface area contributed by atoms with Gasteiger partial charge in [-0.05, 0) is 61.2 Å². The minimum Gasteiger partial charge on any atom is -0.378 e. The highest BCUT2D eigenvalue weighted by Crippen LogP contribution is 2.30. The Morgan fingerprint density at radius 1 is 0.914 bits per heavy atom. The number of nitrogens with zero attached hydrogens (tertiary/aromatic N) is 1. The smallest absolute Gasteiger partial charge is 0.378 e. The van der Waals surface area contributed by atoms with Crippen LogP contribution < -0.4 is 9.61 Å². The average Bonchev–Trinajstić information content (AvgIpc) is 2.83. The highest BCUT2D eigenvalue weighted by Gasteiger charge is 2.31. The van der Waals surface area contributed by atoms with E-state index in [1.807, 2.05) is 30.3 Å². The molecule has 0 radical (unpaired) electrons. The lowest BCUT2D eigenvalue weighted by atomic mass is 10.1. The van der Waals surface area contributed by atoms with Gasteiger partial charge in [0.15, 0.2) is 5.75 Å². The largest absolute Gasteiger partial charge is 0.416 e. The highest BCUT2D eigenvalue weighted by atomic mass is 32.2. The zero-order valence-electron chi connectivity index (χ0n) is 18.5. The van der Waals surface area contributed by atoms with E-state index in [1.54, 1.807) is 6.07 Å². The van der Waals surface area contributed by atoms with Crippen LogP contribution in [0, 0.1) is 0 Å². The van der Waals surface area contributed by atoms with Crippen molar-refractivity contribution in [3.05, 3.63) is 95.6 Å². The number of benzene rings is 3. The number of para-hydroxylation sites is 1. The molecule has 0 aliphatic rings.